The van der Waals surface area contributed by atoms with E-state index in [9.17, 15) is 14.9 Å². The van der Waals surface area contributed by atoms with Gasteiger partial charge < -0.3 is 10.1 Å². The maximum absolute atomic E-state index is 12.7. The van der Waals surface area contributed by atoms with Crippen molar-refractivity contribution in [3.8, 4) is 11.8 Å². The van der Waals surface area contributed by atoms with Gasteiger partial charge in [-0.3, -0.25) is 4.79 Å². The van der Waals surface area contributed by atoms with E-state index in [2.05, 4.69) is 25.5 Å². The van der Waals surface area contributed by atoms with Crippen LogP contribution in [0.3, 0.4) is 0 Å². The fourth-order valence-electron chi connectivity index (χ4n) is 3.20. The van der Waals surface area contributed by atoms with E-state index in [1.54, 1.807) is 12.1 Å². The lowest BCUT2D eigenvalue weighted by atomic mass is 10.1. The van der Waals surface area contributed by atoms with Crippen LogP contribution in [0.25, 0.3) is 11.5 Å². The van der Waals surface area contributed by atoms with Gasteiger partial charge in [0.15, 0.2) is 12.4 Å². The van der Waals surface area contributed by atoms with E-state index in [0.29, 0.717) is 17.2 Å². The number of anilines is 1. The second-order valence-electron chi connectivity index (χ2n) is 7.07. The minimum atomic E-state index is -0.717. The first-order valence-corrected chi connectivity index (χ1v) is 9.68. The van der Waals surface area contributed by atoms with Crippen molar-refractivity contribution in [1.29, 1.82) is 5.26 Å². The third kappa shape index (κ3) is 3.89. The van der Waals surface area contributed by atoms with Crippen LogP contribution in [0.4, 0.5) is 5.82 Å². The van der Waals surface area contributed by atoms with Crippen LogP contribution in [0.1, 0.15) is 41.4 Å². The molecule has 4 aromatic rings. The molecule has 32 heavy (non-hydrogen) atoms. The molecule has 160 valence electrons. The summed E-state index contributed by atoms with van der Waals surface area (Å²) in [7, 11) is 0. The second-order valence-corrected chi connectivity index (χ2v) is 7.07. The first-order valence-electron chi connectivity index (χ1n) is 9.68. The molecule has 0 aliphatic rings. The molecule has 4 rings (SSSR count). The lowest BCUT2D eigenvalue weighted by Gasteiger charge is -2.13. The highest BCUT2D eigenvalue weighted by Gasteiger charge is 2.22. The van der Waals surface area contributed by atoms with E-state index in [4.69, 9.17) is 4.74 Å². The van der Waals surface area contributed by atoms with Crippen LogP contribution >= 0.6 is 0 Å². The van der Waals surface area contributed by atoms with E-state index < -0.39 is 18.5 Å². The monoisotopic (exact) mass is 430 g/mol. The summed E-state index contributed by atoms with van der Waals surface area (Å²) in [5, 5.41) is 20.2. The van der Waals surface area contributed by atoms with Gasteiger partial charge in [-0.1, -0.05) is 32.0 Å². The standard InChI is InChI=1S/C21H18N8O3/c1-13(2)18-16(10-23-21-24-12-26-29(18)21)20(31)32-11-17(30)27-19-14(8-22)9-25-28(19)15-6-4-3-5-7-15/h3-7,9-10,12-13H,11H2,1-2H3,(H,27,30). The number of carbonyl (C=O) groups is 2. The van der Waals surface area contributed by atoms with Crippen LogP contribution in [-0.4, -0.2) is 47.8 Å². The van der Waals surface area contributed by atoms with Crippen LogP contribution in [0.5, 0.6) is 0 Å². The zero-order valence-corrected chi connectivity index (χ0v) is 17.3. The predicted molar refractivity (Wildman–Crippen MR) is 112 cm³/mol. The number of nitrogens with one attached hydrogen (secondary N) is 1. The van der Waals surface area contributed by atoms with Gasteiger partial charge in [0.25, 0.3) is 11.7 Å². The Balaban J connectivity index is 1.51. The quantitative estimate of drug-likeness (QED) is 0.459. The topological polar surface area (TPSA) is 140 Å². The van der Waals surface area contributed by atoms with E-state index in [0.717, 1.165) is 0 Å². The second kappa shape index (κ2) is 8.65. The number of hydrogen-bond acceptors (Lipinski definition) is 8. The number of nitrogens with zero attached hydrogens (tertiary/aromatic N) is 7. The van der Waals surface area contributed by atoms with E-state index in [1.165, 1.54) is 27.9 Å². The fourth-order valence-corrected chi connectivity index (χ4v) is 3.20. The molecule has 0 unspecified atom stereocenters. The van der Waals surface area contributed by atoms with Crippen molar-refractivity contribution in [2.45, 2.75) is 19.8 Å². The zero-order valence-electron chi connectivity index (χ0n) is 17.3. The van der Waals surface area contributed by atoms with Gasteiger partial charge in [-0.05, 0) is 18.1 Å². The molecule has 0 atom stereocenters. The molecule has 0 aliphatic carbocycles. The molecular weight excluding hydrogens is 412 g/mol. The summed E-state index contributed by atoms with van der Waals surface area (Å²) < 4.78 is 8.11. The van der Waals surface area contributed by atoms with Crippen molar-refractivity contribution in [3.63, 3.8) is 0 Å². The SMILES string of the molecule is CC(C)c1c(C(=O)OCC(=O)Nc2c(C#N)cnn2-c2ccccc2)cnc2ncnn12. The molecular formula is C21H18N8O3. The third-order valence-electron chi connectivity index (χ3n) is 4.59. The molecule has 11 nitrogen and oxygen atoms in total. The molecule has 0 saturated carbocycles. The zero-order chi connectivity index (χ0) is 22.7. The van der Waals surface area contributed by atoms with E-state index in [1.807, 2.05) is 38.1 Å². The molecule has 1 amide bonds. The summed E-state index contributed by atoms with van der Waals surface area (Å²) in [6.07, 6.45) is 4.06. The van der Waals surface area contributed by atoms with Gasteiger partial charge >= 0.3 is 5.97 Å². The van der Waals surface area contributed by atoms with Crippen LogP contribution in [0, 0.1) is 11.3 Å². The Labute approximate surface area is 182 Å². The first-order chi connectivity index (χ1) is 15.5. The molecule has 11 heteroatoms. The van der Waals surface area contributed by atoms with Gasteiger partial charge in [-0.2, -0.15) is 20.4 Å². The fraction of sp³-hybridized carbons (Fsp3) is 0.190. The Hall–Kier alpha value is -4.59. The van der Waals surface area contributed by atoms with Gasteiger partial charge in [-0.15, -0.1) is 0 Å². The maximum atomic E-state index is 12.7. The number of amides is 1. The number of fused-ring (bicyclic) bond motifs is 1. The molecule has 1 aromatic carbocycles. The number of carbonyl (C=O) groups excluding carboxylic acids is 2. The molecule has 0 saturated heterocycles. The highest BCUT2D eigenvalue weighted by atomic mass is 16.5. The average molecular weight is 430 g/mol. The molecule has 0 spiro atoms. The summed E-state index contributed by atoms with van der Waals surface area (Å²) in [5.74, 6) is -0.856. The minimum Gasteiger partial charge on any atom is -0.452 e. The van der Waals surface area contributed by atoms with Gasteiger partial charge in [-0.25, -0.2) is 19.0 Å². The van der Waals surface area contributed by atoms with Crippen LogP contribution in [0.15, 0.2) is 49.1 Å². The summed E-state index contributed by atoms with van der Waals surface area (Å²) in [5.41, 5.74) is 1.61. The van der Waals surface area contributed by atoms with Crippen LogP contribution in [0.2, 0.25) is 0 Å². The summed E-state index contributed by atoms with van der Waals surface area (Å²) >= 11 is 0. The van der Waals surface area contributed by atoms with E-state index in [-0.39, 0.29) is 22.9 Å². The van der Waals surface area contributed by atoms with Crippen molar-refractivity contribution >= 4 is 23.5 Å². The molecule has 1 N–H and O–H groups in total. The summed E-state index contributed by atoms with van der Waals surface area (Å²) in [6, 6.07) is 11.0. The Morgan fingerprint density at radius 1 is 1.16 bits per heavy atom. The van der Waals surface area contributed by atoms with Gasteiger partial charge in [0, 0.05) is 6.20 Å². The number of esters is 1. The Bertz CT molecular complexity index is 1330. The molecule has 0 bridgehead atoms. The lowest BCUT2D eigenvalue weighted by Crippen LogP contribution is -2.24. The molecule has 0 radical (unpaired) electrons. The summed E-state index contributed by atoms with van der Waals surface area (Å²) in [6.45, 7) is 3.23. The highest BCUT2D eigenvalue weighted by Crippen LogP contribution is 2.21. The number of nitriles is 1. The number of para-hydroxylation sites is 1. The van der Waals surface area contributed by atoms with Gasteiger partial charge in [0.05, 0.1) is 23.1 Å². The third-order valence-corrected chi connectivity index (χ3v) is 4.59. The smallest absolute Gasteiger partial charge is 0.342 e. The number of hydrogen-bond donors (Lipinski definition) is 1. The Morgan fingerprint density at radius 2 is 1.94 bits per heavy atom. The number of ether oxygens (including phenoxy) is 1. The first kappa shape index (κ1) is 20.7. The predicted octanol–water partition coefficient (Wildman–Crippen LogP) is 2.10. The van der Waals surface area contributed by atoms with Crippen molar-refractivity contribution in [3.05, 3.63) is 65.9 Å². The summed E-state index contributed by atoms with van der Waals surface area (Å²) in [4.78, 5) is 33.3. The number of rotatable bonds is 6. The maximum Gasteiger partial charge on any atom is 0.342 e. The average Bonchev–Trinajstić information content (AvgIpc) is 3.43. The number of benzene rings is 1. The minimum absolute atomic E-state index is 0.0722. The molecule has 0 fully saturated rings. The van der Waals surface area contributed by atoms with E-state index >= 15 is 0 Å². The Morgan fingerprint density at radius 3 is 2.66 bits per heavy atom. The van der Waals surface area contributed by atoms with Crippen molar-refractivity contribution < 1.29 is 14.3 Å². The molecule has 0 aliphatic heterocycles. The van der Waals surface area contributed by atoms with Crippen molar-refractivity contribution in [1.82, 2.24) is 29.4 Å². The largest absolute Gasteiger partial charge is 0.452 e. The Kier molecular flexibility index (Phi) is 5.59. The van der Waals surface area contributed by atoms with Gasteiger partial charge in [0.2, 0.25) is 0 Å². The van der Waals surface area contributed by atoms with Crippen LogP contribution < -0.4 is 5.32 Å². The molecule has 3 heterocycles. The normalized spacial score (nSPS) is 10.8. The van der Waals surface area contributed by atoms with Crippen molar-refractivity contribution in [2.24, 2.45) is 0 Å². The van der Waals surface area contributed by atoms with Gasteiger partial charge in [0.1, 0.15) is 18.0 Å². The number of aromatic nitrogens is 6. The molecule has 3 aromatic heterocycles. The lowest BCUT2D eigenvalue weighted by molar-refractivity contribution is -0.119. The van der Waals surface area contributed by atoms with Crippen LogP contribution in [-0.2, 0) is 9.53 Å². The highest BCUT2D eigenvalue weighted by molar-refractivity contribution is 5.96. The van der Waals surface area contributed by atoms with Crippen molar-refractivity contribution in [2.75, 3.05) is 11.9 Å².